The summed E-state index contributed by atoms with van der Waals surface area (Å²) in [5, 5.41) is 5.54. The molecule has 1 heterocycles. The van der Waals surface area contributed by atoms with E-state index >= 15 is 0 Å². The first kappa shape index (κ1) is 19.9. The number of urea groups is 1. The SMILES string of the molecule is Cc1cccc(NC(=O)CN(C)C(=O)CN2C(=O)NC3(CCCC3)C2=O)c1C. The molecule has 8 heteroatoms. The number of nitrogens with one attached hydrogen (secondary N) is 2. The predicted octanol–water partition coefficient (Wildman–Crippen LogP) is 1.56. The Morgan fingerprint density at radius 3 is 2.57 bits per heavy atom. The maximum absolute atomic E-state index is 12.6. The first-order valence-corrected chi connectivity index (χ1v) is 9.48. The van der Waals surface area contributed by atoms with E-state index in [9.17, 15) is 19.2 Å². The van der Waals surface area contributed by atoms with Crippen molar-refractivity contribution < 1.29 is 19.2 Å². The standard InChI is InChI=1S/C20H26N4O4/c1-13-7-6-8-15(14(13)2)21-16(25)11-23(3)17(26)12-24-18(27)20(22-19(24)28)9-4-5-10-20/h6-8H,4-5,9-12H2,1-3H3,(H,21,25)(H,22,28). The van der Waals surface area contributed by atoms with E-state index in [0.717, 1.165) is 28.9 Å². The molecule has 2 fully saturated rings. The molecule has 0 atom stereocenters. The van der Waals surface area contributed by atoms with Gasteiger partial charge in [0.1, 0.15) is 12.1 Å². The third-order valence-electron chi connectivity index (χ3n) is 5.68. The summed E-state index contributed by atoms with van der Waals surface area (Å²) in [5.41, 5.74) is 1.88. The van der Waals surface area contributed by atoms with Crippen molar-refractivity contribution in [2.24, 2.45) is 0 Å². The summed E-state index contributed by atoms with van der Waals surface area (Å²) in [7, 11) is 1.48. The minimum absolute atomic E-state index is 0.166. The molecule has 1 spiro atoms. The van der Waals surface area contributed by atoms with Gasteiger partial charge in [0.2, 0.25) is 11.8 Å². The Morgan fingerprint density at radius 2 is 1.89 bits per heavy atom. The minimum atomic E-state index is -0.837. The van der Waals surface area contributed by atoms with Gasteiger partial charge in [-0.3, -0.25) is 19.3 Å². The van der Waals surface area contributed by atoms with Gasteiger partial charge in [-0.2, -0.15) is 0 Å². The number of anilines is 1. The second-order valence-electron chi connectivity index (χ2n) is 7.66. The summed E-state index contributed by atoms with van der Waals surface area (Å²) in [4.78, 5) is 51.8. The number of amides is 5. The molecule has 2 aliphatic rings. The summed E-state index contributed by atoms with van der Waals surface area (Å²) in [5.74, 6) is -1.14. The van der Waals surface area contributed by atoms with Crippen LogP contribution in [-0.2, 0) is 14.4 Å². The highest BCUT2D eigenvalue weighted by Crippen LogP contribution is 2.34. The van der Waals surface area contributed by atoms with Gasteiger partial charge in [-0.1, -0.05) is 25.0 Å². The average Bonchev–Trinajstić information content (AvgIpc) is 3.19. The van der Waals surface area contributed by atoms with Crippen molar-refractivity contribution in [1.82, 2.24) is 15.1 Å². The van der Waals surface area contributed by atoms with Crippen LogP contribution in [0.5, 0.6) is 0 Å². The highest BCUT2D eigenvalue weighted by molar-refractivity contribution is 6.09. The van der Waals surface area contributed by atoms with E-state index in [0.29, 0.717) is 18.5 Å². The summed E-state index contributed by atoms with van der Waals surface area (Å²) in [6.45, 7) is 3.34. The third kappa shape index (κ3) is 3.72. The van der Waals surface area contributed by atoms with Crippen molar-refractivity contribution in [3.05, 3.63) is 29.3 Å². The number of carbonyl (C=O) groups is 4. The van der Waals surface area contributed by atoms with Gasteiger partial charge in [0, 0.05) is 12.7 Å². The minimum Gasteiger partial charge on any atom is -0.335 e. The number of nitrogens with zero attached hydrogens (tertiary/aromatic N) is 2. The molecule has 1 saturated heterocycles. The third-order valence-corrected chi connectivity index (χ3v) is 5.68. The van der Waals surface area contributed by atoms with Gasteiger partial charge in [0.05, 0.1) is 6.54 Å². The Kier molecular flexibility index (Phi) is 5.40. The van der Waals surface area contributed by atoms with Crippen LogP contribution in [0.1, 0.15) is 36.8 Å². The van der Waals surface area contributed by atoms with Crippen LogP contribution in [0.4, 0.5) is 10.5 Å². The van der Waals surface area contributed by atoms with Crippen LogP contribution < -0.4 is 10.6 Å². The average molecular weight is 386 g/mol. The maximum atomic E-state index is 12.6. The summed E-state index contributed by atoms with van der Waals surface area (Å²) in [6, 6.07) is 5.07. The Bertz CT molecular complexity index is 829. The highest BCUT2D eigenvalue weighted by Gasteiger charge is 2.52. The van der Waals surface area contributed by atoms with Crippen molar-refractivity contribution in [3.8, 4) is 0 Å². The van der Waals surface area contributed by atoms with Crippen LogP contribution in [0.15, 0.2) is 18.2 Å². The molecule has 0 aromatic heterocycles. The lowest BCUT2D eigenvalue weighted by Gasteiger charge is -2.22. The zero-order valence-corrected chi connectivity index (χ0v) is 16.5. The van der Waals surface area contributed by atoms with Crippen LogP contribution >= 0.6 is 0 Å². The van der Waals surface area contributed by atoms with E-state index in [1.54, 1.807) is 6.07 Å². The predicted molar refractivity (Wildman–Crippen MR) is 104 cm³/mol. The molecular formula is C20H26N4O4. The number of rotatable bonds is 5. The number of carbonyl (C=O) groups excluding carboxylic acids is 4. The molecule has 0 unspecified atom stereocenters. The van der Waals surface area contributed by atoms with Gasteiger partial charge in [0.15, 0.2) is 0 Å². The zero-order valence-electron chi connectivity index (χ0n) is 16.5. The fourth-order valence-electron chi connectivity index (χ4n) is 3.77. The van der Waals surface area contributed by atoms with Crippen LogP contribution in [-0.4, -0.2) is 59.2 Å². The number of aryl methyl sites for hydroxylation is 1. The fourth-order valence-corrected chi connectivity index (χ4v) is 3.77. The van der Waals surface area contributed by atoms with E-state index < -0.39 is 17.5 Å². The monoisotopic (exact) mass is 386 g/mol. The van der Waals surface area contributed by atoms with Gasteiger partial charge in [-0.05, 0) is 43.9 Å². The second-order valence-corrected chi connectivity index (χ2v) is 7.66. The quantitative estimate of drug-likeness (QED) is 0.751. The van der Waals surface area contributed by atoms with Crippen LogP contribution in [0, 0.1) is 13.8 Å². The van der Waals surface area contributed by atoms with Crippen LogP contribution in [0.3, 0.4) is 0 Å². The van der Waals surface area contributed by atoms with E-state index in [1.165, 1.54) is 11.9 Å². The normalized spacial score (nSPS) is 17.8. The Balaban J connectivity index is 1.57. The number of likely N-dealkylation sites (N-methyl/N-ethyl adjacent to an activating group) is 1. The molecule has 0 bridgehead atoms. The van der Waals surface area contributed by atoms with Crippen molar-refractivity contribution >= 4 is 29.4 Å². The van der Waals surface area contributed by atoms with Gasteiger partial charge in [-0.25, -0.2) is 4.79 Å². The lowest BCUT2D eigenvalue weighted by Crippen LogP contribution is -2.46. The number of hydrogen-bond donors (Lipinski definition) is 2. The molecule has 8 nitrogen and oxygen atoms in total. The Labute approximate surface area is 164 Å². The number of imide groups is 1. The van der Waals surface area contributed by atoms with Crippen molar-refractivity contribution in [2.75, 3.05) is 25.5 Å². The fraction of sp³-hybridized carbons (Fsp3) is 0.500. The molecule has 2 N–H and O–H groups in total. The molecule has 5 amide bonds. The molecular weight excluding hydrogens is 360 g/mol. The van der Waals surface area contributed by atoms with E-state index in [1.807, 2.05) is 26.0 Å². The van der Waals surface area contributed by atoms with Gasteiger partial charge in [0.25, 0.3) is 5.91 Å². The van der Waals surface area contributed by atoms with Crippen LogP contribution in [0.2, 0.25) is 0 Å². The Hall–Kier alpha value is -2.90. The lowest BCUT2D eigenvalue weighted by molar-refractivity contribution is -0.139. The summed E-state index contributed by atoms with van der Waals surface area (Å²) in [6.07, 6.45) is 2.98. The van der Waals surface area contributed by atoms with Gasteiger partial charge < -0.3 is 15.5 Å². The molecule has 1 aliphatic heterocycles. The van der Waals surface area contributed by atoms with Crippen molar-refractivity contribution in [2.45, 2.75) is 45.1 Å². The molecule has 1 saturated carbocycles. The summed E-state index contributed by atoms with van der Waals surface area (Å²) >= 11 is 0. The van der Waals surface area contributed by atoms with Gasteiger partial charge in [-0.15, -0.1) is 0 Å². The van der Waals surface area contributed by atoms with Crippen LogP contribution in [0.25, 0.3) is 0 Å². The molecule has 1 aliphatic carbocycles. The maximum Gasteiger partial charge on any atom is 0.325 e. The largest absolute Gasteiger partial charge is 0.335 e. The zero-order chi connectivity index (χ0) is 20.5. The van der Waals surface area contributed by atoms with E-state index in [4.69, 9.17) is 0 Å². The van der Waals surface area contributed by atoms with E-state index in [-0.39, 0.29) is 24.9 Å². The Morgan fingerprint density at radius 1 is 1.21 bits per heavy atom. The van der Waals surface area contributed by atoms with Gasteiger partial charge >= 0.3 is 6.03 Å². The molecule has 1 aromatic rings. The van der Waals surface area contributed by atoms with Crippen molar-refractivity contribution in [3.63, 3.8) is 0 Å². The lowest BCUT2D eigenvalue weighted by atomic mass is 9.98. The highest BCUT2D eigenvalue weighted by atomic mass is 16.2. The molecule has 0 radical (unpaired) electrons. The number of benzene rings is 1. The molecule has 28 heavy (non-hydrogen) atoms. The van der Waals surface area contributed by atoms with Crippen molar-refractivity contribution in [1.29, 1.82) is 0 Å². The second kappa shape index (κ2) is 7.61. The first-order valence-electron chi connectivity index (χ1n) is 9.48. The topological polar surface area (TPSA) is 98.8 Å². The molecule has 150 valence electrons. The summed E-state index contributed by atoms with van der Waals surface area (Å²) < 4.78 is 0. The van der Waals surface area contributed by atoms with E-state index in [2.05, 4.69) is 10.6 Å². The number of hydrogen-bond acceptors (Lipinski definition) is 4. The molecule has 1 aromatic carbocycles. The smallest absolute Gasteiger partial charge is 0.325 e. The first-order chi connectivity index (χ1) is 13.2. The molecule has 3 rings (SSSR count).